The first-order valence-electron chi connectivity index (χ1n) is 11.2. The predicted molar refractivity (Wildman–Crippen MR) is 110 cm³/mol. The molecule has 2 unspecified atom stereocenters. The Labute approximate surface area is 173 Å². The van der Waals surface area contributed by atoms with Crippen LogP contribution in [-0.2, 0) is 9.59 Å². The molecule has 0 aromatic rings. The molecule has 29 heavy (non-hydrogen) atoms. The Balaban J connectivity index is 1.40. The van der Waals surface area contributed by atoms with Gasteiger partial charge >= 0.3 is 6.03 Å². The Hall–Kier alpha value is -1.92. The SMILES string of the molecule is CC12CCC(CC1=NNC(=O)CN1C(=O)NC3(CCCCCCC3)C1=O)C2(C)C. The predicted octanol–water partition coefficient (Wildman–Crippen LogP) is 3.34. The molecule has 1 saturated heterocycles. The summed E-state index contributed by atoms with van der Waals surface area (Å²) < 4.78 is 0. The van der Waals surface area contributed by atoms with Crippen molar-refractivity contribution in [2.24, 2.45) is 21.8 Å². The Kier molecular flexibility index (Phi) is 4.98. The molecular weight excluding hydrogens is 368 g/mol. The molecule has 4 fully saturated rings. The van der Waals surface area contributed by atoms with E-state index in [9.17, 15) is 14.4 Å². The van der Waals surface area contributed by atoms with Crippen molar-refractivity contribution in [3.8, 4) is 0 Å². The third kappa shape index (κ3) is 3.17. The summed E-state index contributed by atoms with van der Waals surface area (Å²) in [5, 5.41) is 7.34. The topological polar surface area (TPSA) is 90.9 Å². The van der Waals surface area contributed by atoms with Crippen molar-refractivity contribution >= 4 is 23.6 Å². The number of imide groups is 1. The molecule has 160 valence electrons. The average molecular weight is 403 g/mol. The number of carbonyl (C=O) groups is 3. The molecular formula is C22H34N4O3. The van der Waals surface area contributed by atoms with Crippen molar-refractivity contribution in [2.45, 2.75) is 90.5 Å². The summed E-state index contributed by atoms with van der Waals surface area (Å²) in [5.41, 5.74) is 3.05. The second-order valence-corrected chi connectivity index (χ2v) is 10.3. The Morgan fingerprint density at radius 2 is 1.76 bits per heavy atom. The van der Waals surface area contributed by atoms with E-state index in [-0.39, 0.29) is 23.3 Å². The number of nitrogens with one attached hydrogen (secondary N) is 2. The summed E-state index contributed by atoms with van der Waals surface area (Å²) in [6, 6.07) is -0.452. The number of fused-ring (bicyclic) bond motifs is 2. The Morgan fingerprint density at radius 1 is 1.10 bits per heavy atom. The van der Waals surface area contributed by atoms with Crippen LogP contribution < -0.4 is 10.7 Å². The van der Waals surface area contributed by atoms with Crippen molar-refractivity contribution < 1.29 is 14.4 Å². The van der Waals surface area contributed by atoms with Crippen LogP contribution in [0.5, 0.6) is 0 Å². The minimum absolute atomic E-state index is 0.00863. The molecule has 3 aliphatic carbocycles. The van der Waals surface area contributed by atoms with Crippen LogP contribution in [-0.4, -0.2) is 40.5 Å². The van der Waals surface area contributed by atoms with Gasteiger partial charge in [-0.2, -0.15) is 5.10 Å². The quantitative estimate of drug-likeness (QED) is 0.560. The Bertz CT molecular complexity index is 751. The molecule has 1 heterocycles. The molecule has 1 aliphatic heterocycles. The maximum absolute atomic E-state index is 13.0. The molecule has 4 aliphatic rings. The molecule has 0 radical (unpaired) electrons. The molecule has 3 saturated carbocycles. The molecule has 7 nitrogen and oxygen atoms in total. The molecule has 2 atom stereocenters. The van der Waals surface area contributed by atoms with Gasteiger partial charge in [-0.3, -0.25) is 14.5 Å². The monoisotopic (exact) mass is 402 g/mol. The fraction of sp³-hybridized carbons (Fsp3) is 0.818. The minimum atomic E-state index is -0.814. The lowest BCUT2D eigenvalue weighted by Gasteiger charge is -2.34. The summed E-state index contributed by atoms with van der Waals surface area (Å²) in [6.07, 6.45) is 9.73. The summed E-state index contributed by atoms with van der Waals surface area (Å²) in [7, 11) is 0. The van der Waals surface area contributed by atoms with Gasteiger partial charge in [0.15, 0.2) is 0 Å². The number of hydrogen-bond acceptors (Lipinski definition) is 4. The van der Waals surface area contributed by atoms with E-state index < -0.39 is 17.5 Å². The van der Waals surface area contributed by atoms with Crippen LogP contribution in [0.1, 0.15) is 85.0 Å². The molecule has 7 heteroatoms. The minimum Gasteiger partial charge on any atom is -0.323 e. The van der Waals surface area contributed by atoms with Crippen LogP contribution in [0.2, 0.25) is 0 Å². The van der Waals surface area contributed by atoms with Gasteiger partial charge in [-0.1, -0.05) is 52.9 Å². The van der Waals surface area contributed by atoms with Gasteiger partial charge < -0.3 is 5.32 Å². The molecule has 4 rings (SSSR count). The van der Waals surface area contributed by atoms with Crippen LogP contribution in [0.25, 0.3) is 0 Å². The Morgan fingerprint density at radius 3 is 2.34 bits per heavy atom. The van der Waals surface area contributed by atoms with Crippen molar-refractivity contribution in [3.05, 3.63) is 0 Å². The first-order chi connectivity index (χ1) is 13.7. The fourth-order valence-electron chi connectivity index (χ4n) is 6.07. The number of rotatable bonds is 3. The van der Waals surface area contributed by atoms with Gasteiger partial charge in [-0.15, -0.1) is 0 Å². The van der Waals surface area contributed by atoms with E-state index in [1.165, 1.54) is 12.8 Å². The number of amides is 4. The smallest absolute Gasteiger partial charge is 0.323 e. The van der Waals surface area contributed by atoms with Crippen molar-refractivity contribution in [2.75, 3.05) is 6.54 Å². The summed E-state index contributed by atoms with van der Waals surface area (Å²) in [6.45, 7) is 6.54. The first kappa shape index (κ1) is 20.4. The maximum Gasteiger partial charge on any atom is 0.325 e. The van der Waals surface area contributed by atoms with Gasteiger partial charge in [-0.05, 0) is 43.4 Å². The van der Waals surface area contributed by atoms with Crippen LogP contribution in [0.15, 0.2) is 5.10 Å². The maximum atomic E-state index is 13.0. The van der Waals surface area contributed by atoms with Gasteiger partial charge in [0.05, 0.1) is 0 Å². The van der Waals surface area contributed by atoms with Gasteiger partial charge in [0.1, 0.15) is 12.1 Å². The molecule has 1 spiro atoms. The van der Waals surface area contributed by atoms with E-state index in [0.29, 0.717) is 18.8 Å². The number of urea groups is 1. The first-order valence-corrected chi connectivity index (χ1v) is 11.2. The van der Waals surface area contributed by atoms with E-state index >= 15 is 0 Å². The van der Waals surface area contributed by atoms with Crippen molar-refractivity contribution in [3.63, 3.8) is 0 Å². The molecule has 4 amide bonds. The zero-order chi connectivity index (χ0) is 20.9. The molecule has 2 N–H and O–H groups in total. The fourth-order valence-corrected chi connectivity index (χ4v) is 6.07. The van der Waals surface area contributed by atoms with E-state index in [0.717, 1.165) is 49.1 Å². The molecule has 2 bridgehead atoms. The normalized spacial score (nSPS) is 34.4. The van der Waals surface area contributed by atoms with Crippen molar-refractivity contribution in [1.29, 1.82) is 0 Å². The third-order valence-electron chi connectivity index (χ3n) is 8.58. The van der Waals surface area contributed by atoms with E-state index in [1.807, 2.05) is 0 Å². The number of hydrogen-bond donors (Lipinski definition) is 2. The third-order valence-corrected chi connectivity index (χ3v) is 8.58. The standard InChI is InChI=1S/C22H34N4O3/c1-20(2)15-9-12-21(20,3)16(13-15)24-25-17(27)14-26-18(28)22(23-19(26)29)10-7-5-4-6-8-11-22/h15H,4-14H2,1-3H3,(H,23,29)(H,25,27). The summed E-state index contributed by atoms with van der Waals surface area (Å²) >= 11 is 0. The lowest BCUT2D eigenvalue weighted by molar-refractivity contribution is -0.135. The zero-order valence-corrected chi connectivity index (χ0v) is 18.0. The second-order valence-electron chi connectivity index (χ2n) is 10.3. The van der Waals surface area contributed by atoms with Crippen LogP contribution >= 0.6 is 0 Å². The van der Waals surface area contributed by atoms with Crippen LogP contribution in [0.3, 0.4) is 0 Å². The van der Waals surface area contributed by atoms with Gasteiger partial charge in [-0.25, -0.2) is 10.2 Å². The lowest BCUT2D eigenvalue weighted by Crippen LogP contribution is -2.48. The van der Waals surface area contributed by atoms with Crippen molar-refractivity contribution in [1.82, 2.24) is 15.6 Å². The number of hydrazone groups is 1. The highest BCUT2D eigenvalue weighted by atomic mass is 16.2. The number of carbonyl (C=O) groups excluding carboxylic acids is 3. The van der Waals surface area contributed by atoms with E-state index in [2.05, 4.69) is 36.6 Å². The number of nitrogens with zero attached hydrogens (tertiary/aromatic N) is 2. The highest BCUT2D eigenvalue weighted by Crippen LogP contribution is 2.63. The van der Waals surface area contributed by atoms with Crippen LogP contribution in [0, 0.1) is 16.7 Å². The van der Waals surface area contributed by atoms with Gasteiger partial charge in [0.2, 0.25) is 0 Å². The summed E-state index contributed by atoms with van der Waals surface area (Å²) in [4.78, 5) is 39.1. The van der Waals surface area contributed by atoms with Gasteiger partial charge in [0.25, 0.3) is 11.8 Å². The van der Waals surface area contributed by atoms with E-state index in [4.69, 9.17) is 0 Å². The lowest BCUT2D eigenvalue weighted by atomic mass is 9.70. The largest absolute Gasteiger partial charge is 0.325 e. The molecule has 0 aromatic carbocycles. The average Bonchev–Trinajstić information content (AvgIpc) is 3.10. The molecule has 0 aromatic heterocycles. The highest BCUT2D eigenvalue weighted by molar-refractivity contribution is 6.09. The van der Waals surface area contributed by atoms with Gasteiger partial charge in [0, 0.05) is 11.1 Å². The highest BCUT2D eigenvalue weighted by Gasteiger charge is 2.60. The zero-order valence-electron chi connectivity index (χ0n) is 18.0. The second kappa shape index (κ2) is 7.10. The van der Waals surface area contributed by atoms with E-state index in [1.54, 1.807) is 0 Å². The van der Waals surface area contributed by atoms with Crippen LogP contribution in [0.4, 0.5) is 4.79 Å². The summed E-state index contributed by atoms with van der Waals surface area (Å²) in [5.74, 6) is -0.0541.